The lowest BCUT2D eigenvalue weighted by molar-refractivity contribution is -0.135. The fourth-order valence-electron chi connectivity index (χ4n) is 4.91. The van der Waals surface area contributed by atoms with Crippen LogP contribution in [0.25, 0.3) is 0 Å². The molecule has 0 saturated heterocycles. The topological polar surface area (TPSA) is 267 Å². The average molecular weight is 714 g/mol. The Morgan fingerprint density at radius 2 is 1.20 bits per heavy atom. The third-order valence-electron chi connectivity index (χ3n) is 7.58. The number of aldehydes is 1. The van der Waals surface area contributed by atoms with E-state index in [0.717, 1.165) is 13.0 Å². The zero-order valence-electron chi connectivity index (χ0n) is 30.7. The van der Waals surface area contributed by atoms with Crippen LogP contribution in [0.15, 0.2) is 0 Å². The molecule has 0 aliphatic heterocycles. The van der Waals surface area contributed by atoms with Crippen LogP contribution in [0.3, 0.4) is 0 Å². The van der Waals surface area contributed by atoms with Gasteiger partial charge in [-0.3, -0.25) is 28.8 Å². The Bertz CT molecular complexity index is 1070. The summed E-state index contributed by atoms with van der Waals surface area (Å²) >= 11 is 0. The summed E-state index contributed by atoms with van der Waals surface area (Å²) in [5.74, 6) is -3.89. The molecule has 0 aromatic rings. The van der Waals surface area contributed by atoms with E-state index in [1.54, 1.807) is 0 Å². The lowest BCUT2D eigenvalue weighted by atomic mass is 10.0. The Balaban J connectivity index is 5.62. The number of hydrogen-bond donors (Lipinski definition) is 9. The van der Waals surface area contributed by atoms with E-state index in [1.807, 2.05) is 46.7 Å². The number of hydrogen-bond acceptors (Lipinski definition) is 11. The molecule has 0 spiro atoms. The van der Waals surface area contributed by atoms with Crippen LogP contribution < -0.4 is 43.4 Å². The van der Waals surface area contributed by atoms with Crippen molar-refractivity contribution in [2.75, 3.05) is 46.9 Å². The van der Waals surface area contributed by atoms with Gasteiger partial charge in [-0.05, 0) is 84.0 Å². The number of carbonyl (C=O) groups excluding carboxylic acids is 7. The van der Waals surface area contributed by atoms with Crippen molar-refractivity contribution in [1.82, 2.24) is 36.8 Å². The van der Waals surface area contributed by atoms with Gasteiger partial charge in [-0.25, -0.2) is 0 Å². The van der Waals surface area contributed by atoms with Crippen molar-refractivity contribution in [1.29, 1.82) is 0 Å². The highest BCUT2D eigenvalue weighted by atomic mass is 16.3. The van der Waals surface area contributed by atoms with Crippen molar-refractivity contribution >= 4 is 41.7 Å². The van der Waals surface area contributed by atoms with Gasteiger partial charge in [0.1, 0.15) is 30.5 Å². The second kappa shape index (κ2) is 26.2. The van der Waals surface area contributed by atoms with Crippen LogP contribution in [0.2, 0.25) is 0 Å². The summed E-state index contributed by atoms with van der Waals surface area (Å²) in [6, 6.07) is -5.34. The van der Waals surface area contributed by atoms with Gasteiger partial charge in [0.15, 0.2) is 0 Å². The first kappa shape index (κ1) is 46.3. The maximum Gasteiger partial charge on any atom is 0.245 e. The molecule has 0 fully saturated rings. The first-order valence-electron chi connectivity index (χ1n) is 17.5. The molecule has 17 nitrogen and oxygen atoms in total. The van der Waals surface area contributed by atoms with Crippen LogP contribution in [-0.2, 0) is 33.6 Å². The van der Waals surface area contributed by atoms with Crippen molar-refractivity contribution in [2.24, 2.45) is 23.3 Å². The molecular formula is C33H63N9O8. The SMILES string of the molecule is CC(C)C[C@H](NC(=O)[C@H](CO)NC(=O)[C@H](CCCCN(C)C)NC(=O)CNC(=O)[C@H](CC(C)C)NC(=O)[C@@H](N)CCCCN)C(=O)NCC=O. The van der Waals surface area contributed by atoms with E-state index in [0.29, 0.717) is 44.9 Å². The minimum Gasteiger partial charge on any atom is -0.394 e. The van der Waals surface area contributed by atoms with Crippen LogP contribution >= 0.6 is 0 Å². The van der Waals surface area contributed by atoms with Crippen molar-refractivity contribution in [3.63, 3.8) is 0 Å². The van der Waals surface area contributed by atoms with E-state index in [2.05, 4.69) is 31.9 Å². The molecular weight excluding hydrogens is 650 g/mol. The van der Waals surface area contributed by atoms with E-state index < -0.39 is 78.8 Å². The van der Waals surface area contributed by atoms with E-state index in [4.69, 9.17) is 11.5 Å². The number of rotatable bonds is 27. The fourth-order valence-corrected chi connectivity index (χ4v) is 4.91. The minimum absolute atomic E-state index is 0.00679. The van der Waals surface area contributed by atoms with Gasteiger partial charge in [0, 0.05) is 0 Å². The number of nitrogens with one attached hydrogen (secondary N) is 6. The highest BCUT2D eigenvalue weighted by molar-refractivity contribution is 5.95. The number of unbranched alkanes of at least 4 members (excludes halogenated alkanes) is 2. The monoisotopic (exact) mass is 713 g/mol. The highest BCUT2D eigenvalue weighted by Gasteiger charge is 2.30. The quantitative estimate of drug-likeness (QED) is 0.0321. The molecule has 0 heterocycles. The molecule has 0 saturated carbocycles. The summed E-state index contributed by atoms with van der Waals surface area (Å²) in [6.07, 6.45) is 4.26. The Morgan fingerprint density at radius 1 is 0.680 bits per heavy atom. The van der Waals surface area contributed by atoms with Gasteiger partial charge in [-0.15, -0.1) is 0 Å². The maximum atomic E-state index is 13.4. The number of aliphatic hydroxyl groups excluding tert-OH is 1. The maximum absolute atomic E-state index is 13.4. The molecule has 50 heavy (non-hydrogen) atoms. The minimum atomic E-state index is -1.45. The first-order chi connectivity index (χ1) is 23.6. The molecule has 0 aliphatic carbocycles. The number of carbonyl (C=O) groups is 7. The van der Waals surface area contributed by atoms with Gasteiger partial charge in [-0.1, -0.05) is 34.1 Å². The second-order valence-electron chi connectivity index (χ2n) is 13.6. The Morgan fingerprint density at radius 3 is 1.72 bits per heavy atom. The van der Waals surface area contributed by atoms with Gasteiger partial charge >= 0.3 is 0 Å². The van der Waals surface area contributed by atoms with E-state index >= 15 is 0 Å². The molecule has 0 bridgehead atoms. The van der Waals surface area contributed by atoms with Crippen LogP contribution in [-0.4, -0.2) is 129 Å². The summed E-state index contributed by atoms with van der Waals surface area (Å²) in [5, 5.41) is 25.1. The van der Waals surface area contributed by atoms with Gasteiger partial charge in [0.25, 0.3) is 0 Å². The fraction of sp³-hybridized carbons (Fsp3) is 0.788. The molecule has 0 aromatic heterocycles. The second-order valence-corrected chi connectivity index (χ2v) is 13.6. The summed E-state index contributed by atoms with van der Waals surface area (Å²) in [7, 11) is 3.80. The Hall–Kier alpha value is -3.67. The Labute approximate surface area is 296 Å². The Kier molecular flexibility index (Phi) is 24.3. The predicted octanol–water partition coefficient (Wildman–Crippen LogP) is -2.37. The molecule has 0 unspecified atom stereocenters. The zero-order valence-corrected chi connectivity index (χ0v) is 30.7. The molecule has 17 heteroatoms. The summed E-state index contributed by atoms with van der Waals surface area (Å²) in [5.41, 5.74) is 11.5. The van der Waals surface area contributed by atoms with Crippen molar-refractivity contribution in [3.8, 4) is 0 Å². The lowest BCUT2D eigenvalue weighted by Crippen LogP contribution is -2.58. The standard InChI is InChI=1S/C33H63N9O8/c1-21(2)17-25(30(47)36-14-16-43)40-33(50)27(20-44)41-32(49)24(12-8-10-15-42(5)6)38-28(45)19-37-31(48)26(18-22(3)4)39-29(46)23(35)11-7-9-13-34/h16,21-27,44H,7-15,17-20,34-35H2,1-6H3,(H,36,47)(H,37,48)(H,38,45)(H,39,46)(H,40,50)(H,41,49)/t23-,24-,25-,26-,27-/m0/s1. The van der Waals surface area contributed by atoms with Crippen LogP contribution in [0.5, 0.6) is 0 Å². The molecule has 0 radical (unpaired) electrons. The van der Waals surface area contributed by atoms with Gasteiger partial charge in [0.05, 0.1) is 25.7 Å². The summed E-state index contributed by atoms with van der Waals surface area (Å²) < 4.78 is 0. The molecule has 11 N–H and O–H groups in total. The highest BCUT2D eigenvalue weighted by Crippen LogP contribution is 2.08. The zero-order chi connectivity index (χ0) is 38.2. The van der Waals surface area contributed by atoms with Crippen molar-refractivity contribution < 1.29 is 38.7 Å². The third-order valence-corrected chi connectivity index (χ3v) is 7.58. The lowest BCUT2D eigenvalue weighted by Gasteiger charge is -2.25. The van der Waals surface area contributed by atoms with Crippen molar-refractivity contribution in [2.45, 2.75) is 109 Å². The summed E-state index contributed by atoms with van der Waals surface area (Å²) in [6.45, 7) is 7.12. The first-order valence-corrected chi connectivity index (χ1v) is 17.5. The van der Waals surface area contributed by atoms with Crippen LogP contribution in [0, 0.1) is 11.8 Å². The molecule has 0 aliphatic rings. The van der Waals surface area contributed by atoms with Crippen LogP contribution in [0.1, 0.15) is 79.1 Å². The largest absolute Gasteiger partial charge is 0.394 e. The van der Waals surface area contributed by atoms with E-state index in [1.165, 1.54) is 0 Å². The third kappa shape index (κ3) is 20.8. The molecule has 5 atom stereocenters. The summed E-state index contributed by atoms with van der Waals surface area (Å²) in [4.78, 5) is 90.3. The molecule has 288 valence electrons. The van der Waals surface area contributed by atoms with Gasteiger partial charge in [0.2, 0.25) is 35.4 Å². The van der Waals surface area contributed by atoms with E-state index in [-0.39, 0.29) is 31.2 Å². The number of nitrogens with two attached hydrogens (primary N) is 2. The number of amides is 6. The number of nitrogens with zero attached hydrogens (tertiary/aromatic N) is 1. The van der Waals surface area contributed by atoms with E-state index in [9.17, 15) is 38.7 Å². The smallest absolute Gasteiger partial charge is 0.245 e. The van der Waals surface area contributed by atoms with Gasteiger partial charge < -0.3 is 58.2 Å². The normalized spacial score (nSPS) is 14.2. The van der Waals surface area contributed by atoms with Gasteiger partial charge in [-0.2, -0.15) is 0 Å². The predicted molar refractivity (Wildman–Crippen MR) is 189 cm³/mol. The molecule has 6 amide bonds. The number of aliphatic hydroxyl groups is 1. The average Bonchev–Trinajstić information content (AvgIpc) is 3.04. The van der Waals surface area contributed by atoms with Crippen LogP contribution in [0.4, 0.5) is 0 Å². The molecule has 0 rings (SSSR count). The molecule has 0 aromatic carbocycles. The van der Waals surface area contributed by atoms with Crippen molar-refractivity contribution in [3.05, 3.63) is 0 Å².